The minimum atomic E-state index is -0.962. The smallest absolute Gasteiger partial charge is 0.335 e. The quantitative estimate of drug-likeness (QED) is 0.639. The summed E-state index contributed by atoms with van der Waals surface area (Å²) in [6.07, 6.45) is 0.596. The number of amides is 1. The zero-order chi connectivity index (χ0) is 23.4. The van der Waals surface area contributed by atoms with Gasteiger partial charge >= 0.3 is 5.97 Å². The zero-order valence-corrected chi connectivity index (χ0v) is 18.7. The van der Waals surface area contributed by atoms with Gasteiger partial charge in [0.2, 0.25) is 5.91 Å². The third kappa shape index (κ3) is 2.83. The lowest BCUT2D eigenvalue weighted by Gasteiger charge is -2.25. The summed E-state index contributed by atoms with van der Waals surface area (Å²) in [6.45, 7) is 3.41. The standard InChI is InChI=1S/C27H23NO6/c1-2-17-11-16(7-8-18(17)25(29)30)14-28-21-6-4-3-5-19(21)27(26(28)31)15-34-22-13-24-23(12-20(22)27)32-9-10-33-24/h3-8,11-13H,2,9-10,14-15H2,1H3,(H,29,30). The van der Waals surface area contributed by atoms with Crippen molar-refractivity contribution in [3.63, 3.8) is 0 Å². The maximum absolute atomic E-state index is 14.1. The second-order valence-electron chi connectivity index (χ2n) is 8.74. The van der Waals surface area contributed by atoms with Gasteiger partial charge in [-0.2, -0.15) is 0 Å². The molecule has 0 saturated heterocycles. The van der Waals surface area contributed by atoms with Crippen LogP contribution in [0.1, 0.15) is 39.5 Å². The van der Waals surface area contributed by atoms with E-state index in [1.54, 1.807) is 17.0 Å². The summed E-state index contributed by atoms with van der Waals surface area (Å²) >= 11 is 0. The molecule has 7 heteroatoms. The van der Waals surface area contributed by atoms with Crippen LogP contribution < -0.4 is 19.1 Å². The average molecular weight is 457 g/mol. The van der Waals surface area contributed by atoms with Crippen LogP contribution >= 0.6 is 0 Å². The lowest BCUT2D eigenvalue weighted by molar-refractivity contribution is -0.122. The van der Waals surface area contributed by atoms with Crippen LogP contribution in [0.5, 0.6) is 17.2 Å². The lowest BCUT2D eigenvalue weighted by Crippen LogP contribution is -2.42. The summed E-state index contributed by atoms with van der Waals surface area (Å²) in [5, 5.41) is 9.46. The Hall–Kier alpha value is -4.00. The van der Waals surface area contributed by atoms with E-state index in [1.807, 2.05) is 49.4 Å². The van der Waals surface area contributed by atoms with Crippen molar-refractivity contribution >= 4 is 17.6 Å². The van der Waals surface area contributed by atoms with Gasteiger partial charge in [-0.1, -0.05) is 37.3 Å². The molecule has 1 spiro atoms. The van der Waals surface area contributed by atoms with Crippen molar-refractivity contribution in [2.45, 2.75) is 25.3 Å². The number of carboxylic acid groups (broad SMARTS) is 1. The third-order valence-electron chi connectivity index (χ3n) is 6.93. The summed E-state index contributed by atoms with van der Waals surface area (Å²) < 4.78 is 17.6. The fourth-order valence-electron chi connectivity index (χ4n) is 5.30. The molecule has 3 aromatic carbocycles. The molecule has 0 fully saturated rings. The second-order valence-corrected chi connectivity index (χ2v) is 8.74. The Balaban J connectivity index is 1.44. The van der Waals surface area contributed by atoms with Gasteiger partial charge in [0.15, 0.2) is 11.5 Å². The van der Waals surface area contributed by atoms with Gasteiger partial charge in [0.05, 0.1) is 12.1 Å². The van der Waals surface area contributed by atoms with E-state index in [4.69, 9.17) is 14.2 Å². The largest absolute Gasteiger partial charge is 0.491 e. The van der Waals surface area contributed by atoms with Crippen LogP contribution in [0.4, 0.5) is 5.69 Å². The number of nitrogens with zero attached hydrogens (tertiary/aromatic N) is 1. The van der Waals surface area contributed by atoms with Crippen LogP contribution in [0.2, 0.25) is 0 Å². The molecule has 34 heavy (non-hydrogen) atoms. The number of benzene rings is 3. The van der Waals surface area contributed by atoms with Crippen molar-refractivity contribution in [2.24, 2.45) is 0 Å². The zero-order valence-electron chi connectivity index (χ0n) is 18.7. The van der Waals surface area contributed by atoms with E-state index in [0.717, 1.165) is 27.9 Å². The minimum absolute atomic E-state index is 0.0653. The summed E-state index contributed by atoms with van der Waals surface area (Å²) in [5.41, 5.74) is 3.47. The van der Waals surface area contributed by atoms with E-state index in [9.17, 15) is 14.7 Å². The fourth-order valence-corrected chi connectivity index (χ4v) is 5.30. The second kappa shape index (κ2) is 7.52. The summed E-state index contributed by atoms with van der Waals surface area (Å²) in [6, 6.07) is 16.8. The molecule has 1 N–H and O–H groups in total. The van der Waals surface area contributed by atoms with Crippen molar-refractivity contribution < 1.29 is 28.9 Å². The minimum Gasteiger partial charge on any atom is -0.491 e. The molecule has 3 heterocycles. The Labute approximate surface area is 196 Å². The molecule has 7 nitrogen and oxygen atoms in total. The molecule has 0 bridgehead atoms. The fraction of sp³-hybridized carbons (Fsp3) is 0.259. The monoisotopic (exact) mass is 457 g/mol. The molecule has 0 radical (unpaired) electrons. The lowest BCUT2D eigenvalue weighted by atomic mass is 9.77. The van der Waals surface area contributed by atoms with Crippen LogP contribution in [0.25, 0.3) is 0 Å². The number of para-hydroxylation sites is 1. The van der Waals surface area contributed by atoms with Gasteiger partial charge in [0, 0.05) is 17.3 Å². The maximum atomic E-state index is 14.1. The van der Waals surface area contributed by atoms with Gasteiger partial charge in [-0.15, -0.1) is 0 Å². The molecule has 3 aliphatic heterocycles. The van der Waals surface area contributed by atoms with Crippen LogP contribution in [-0.2, 0) is 23.2 Å². The molecule has 172 valence electrons. The Morgan fingerprint density at radius 1 is 0.971 bits per heavy atom. The predicted octanol–water partition coefficient (Wildman–Crippen LogP) is 3.94. The van der Waals surface area contributed by atoms with Gasteiger partial charge < -0.3 is 24.2 Å². The number of rotatable bonds is 4. The molecule has 3 aromatic rings. The van der Waals surface area contributed by atoms with Gasteiger partial charge in [0.1, 0.15) is 31.0 Å². The molecule has 1 unspecified atom stereocenters. The van der Waals surface area contributed by atoms with Gasteiger partial charge in [0.25, 0.3) is 0 Å². The number of carbonyl (C=O) groups is 2. The molecule has 0 aromatic heterocycles. The number of hydrogen-bond donors (Lipinski definition) is 1. The predicted molar refractivity (Wildman–Crippen MR) is 124 cm³/mol. The number of fused-ring (bicyclic) bond motifs is 5. The number of ether oxygens (including phenoxy) is 3. The number of anilines is 1. The van der Waals surface area contributed by atoms with E-state index in [1.165, 1.54) is 0 Å². The van der Waals surface area contributed by atoms with Crippen LogP contribution in [-0.4, -0.2) is 36.8 Å². The van der Waals surface area contributed by atoms with Crippen LogP contribution in [0.3, 0.4) is 0 Å². The summed E-state index contributed by atoms with van der Waals surface area (Å²) in [5.74, 6) is 0.871. The van der Waals surface area contributed by atoms with Crippen molar-refractivity contribution in [1.29, 1.82) is 0 Å². The first-order valence-electron chi connectivity index (χ1n) is 11.4. The molecular weight excluding hydrogens is 434 g/mol. The summed E-state index contributed by atoms with van der Waals surface area (Å²) in [7, 11) is 0. The van der Waals surface area contributed by atoms with E-state index in [0.29, 0.717) is 49.0 Å². The maximum Gasteiger partial charge on any atom is 0.335 e. The summed E-state index contributed by atoms with van der Waals surface area (Å²) in [4.78, 5) is 27.5. The topological polar surface area (TPSA) is 85.3 Å². The van der Waals surface area contributed by atoms with E-state index in [-0.39, 0.29) is 12.5 Å². The van der Waals surface area contributed by atoms with Gasteiger partial charge in [-0.3, -0.25) is 4.79 Å². The van der Waals surface area contributed by atoms with E-state index < -0.39 is 11.4 Å². The van der Waals surface area contributed by atoms with Gasteiger partial charge in [-0.05, 0) is 41.3 Å². The third-order valence-corrected chi connectivity index (χ3v) is 6.93. The Morgan fingerprint density at radius 3 is 2.50 bits per heavy atom. The van der Waals surface area contributed by atoms with Crippen LogP contribution in [0, 0.1) is 0 Å². The SMILES string of the molecule is CCc1cc(CN2C(=O)C3(COc4cc5c(cc43)OCCO5)c3ccccc32)ccc1C(=O)O. The Kier molecular flexibility index (Phi) is 4.55. The highest BCUT2D eigenvalue weighted by atomic mass is 16.6. The Bertz CT molecular complexity index is 1350. The van der Waals surface area contributed by atoms with E-state index in [2.05, 4.69) is 0 Å². The number of carbonyl (C=O) groups excluding carboxylic acids is 1. The van der Waals surface area contributed by atoms with Crippen LogP contribution in [0.15, 0.2) is 54.6 Å². The highest BCUT2D eigenvalue weighted by Crippen LogP contribution is 2.55. The van der Waals surface area contributed by atoms with Gasteiger partial charge in [-0.25, -0.2) is 4.79 Å². The first kappa shape index (κ1) is 20.6. The van der Waals surface area contributed by atoms with E-state index >= 15 is 0 Å². The average Bonchev–Trinajstić information content (AvgIpc) is 3.34. The van der Waals surface area contributed by atoms with Crippen molar-refractivity contribution in [3.8, 4) is 17.2 Å². The normalized spacial score (nSPS) is 19.7. The van der Waals surface area contributed by atoms with Crippen molar-refractivity contribution in [1.82, 2.24) is 0 Å². The molecular formula is C27H23NO6. The highest BCUT2D eigenvalue weighted by molar-refractivity contribution is 6.11. The van der Waals surface area contributed by atoms with Crippen molar-refractivity contribution in [3.05, 3.63) is 82.4 Å². The number of aryl methyl sites for hydroxylation is 1. The molecule has 0 aliphatic carbocycles. The molecule has 6 rings (SSSR count). The molecule has 0 saturated carbocycles. The van der Waals surface area contributed by atoms with Crippen molar-refractivity contribution in [2.75, 3.05) is 24.7 Å². The Morgan fingerprint density at radius 2 is 1.74 bits per heavy atom. The highest BCUT2D eigenvalue weighted by Gasteiger charge is 2.57. The molecule has 1 atom stereocenters. The molecule has 3 aliphatic rings. The first-order valence-corrected chi connectivity index (χ1v) is 11.4. The number of hydrogen-bond acceptors (Lipinski definition) is 5. The number of carboxylic acids is 1. The number of aromatic carboxylic acids is 1. The first-order chi connectivity index (χ1) is 16.5. The molecule has 1 amide bonds.